The maximum atomic E-state index is 11.5. The molecule has 0 aromatic rings. The van der Waals surface area contributed by atoms with Gasteiger partial charge in [-0.25, -0.2) is 0 Å². The first-order valence-corrected chi connectivity index (χ1v) is 5.52. The predicted octanol–water partition coefficient (Wildman–Crippen LogP) is 0.576. The summed E-state index contributed by atoms with van der Waals surface area (Å²) in [5.41, 5.74) is -0.0268. The van der Waals surface area contributed by atoms with Gasteiger partial charge in [0.25, 0.3) is 0 Å². The zero-order valence-corrected chi connectivity index (χ0v) is 10.2. The lowest BCUT2D eigenvalue weighted by atomic mass is 9.93. The second-order valence-electron chi connectivity index (χ2n) is 4.59. The summed E-state index contributed by atoms with van der Waals surface area (Å²) in [5.74, 6) is -0.0819. The molecule has 4 nitrogen and oxygen atoms in total. The maximum absolute atomic E-state index is 11.5. The third-order valence-corrected chi connectivity index (χ3v) is 3.25. The SMILES string of the molecule is CCOC(=O)CC1(N(C)C)CCN(C)C1. The van der Waals surface area contributed by atoms with E-state index < -0.39 is 0 Å². The highest BCUT2D eigenvalue weighted by Gasteiger charge is 2.40. The molecule has 0 bridgehead atoms. The molecule has 1 atom stereocenters. The van der Waals surface area contributed by atoms with Crippen molar-refractivity contribution in [2.24, 2.45) is 0 Å². The number of rotatable bonds is 4. The highest BCUT2D eigenvalue weighted by atomic mass is 16.5. The maximum Gasteiger partial charge on any atom is 0.307 e. The summed E-state index contributed by atoms with van der Waals surface area (Å²) in [4.78, 5) is 16.0. The van der Waals surface area contributed by atoms with Crippen molar-refractivity contribution in [3.8, 4) is 0 Å². The topological polar surface area (TPSA) is 32.8 Å². The fourth-order valence-corrected chi connectivity index (χ4v) is 2.21. The van der Waals surface area contributed by atoms with E-state index in [1.165, 1.54) is 0 Å². The Morgan fingerprint density at radius 3 is 2.60 bits per heavy atom. The van der Waals surface area contributed by atoms with Crippen LogP contribution >= 0.6 is 0 Å². The third-order valence-electron chi connectivity index (χ3n) is 3.25. The van der Waals surface area contributed by atoms with Crippen molar-refractivity contribution in [1.82, 2.24) is 9.80 Å². The van der Waals surface area contributed by atoms with Crippen molar-refractivity contribution in [3.63, 3.8) is 0 Å². The first kappa shape index (κ1) is 12.5. The van der Waals surface area contributed by atoms with Crippen molar-refractivity contribution in [3.05, 3.63) is 0 Å². The largest absolute Gasteiger partial charge is 0.466 e. The smallest absolute Gasteiger partial charge is 0.307 e. The minimum atomic E-state index is -0.0819. The van der Waals surface area contributed by atoms with Gasteiger partial charge in [0.2, 0.25) is 0 Å². The van der Waals surface area contributed by atoms with Crippen LogP contribution in [0.3, 0.4) is 0 Å². The summed E-state index contributed by atoms with van der Waals surface area (Å²) in [6.07, 6.45) is 1.54. The first-order chi connectivity index (χ1) is 7.00. The summed E-state index contributed by atoms with van der Waals surface area (Å²) >= 11 is 0. The van der Waals surface area contributed by atoms with Gasteiger partial charge in [0.05, 0.1) is 13.0 Å². The molecule has 0 N–H and O–H groups in total. The molecule has 1 unspecified atom stereocenters. The van der Waals surface area contributed by atoms with Crippen molar-refractivity contribution in [2.75, 3.05) is 40.8 Å². The van der Waals surface area contributed by atoms with E-state index in [0.29, 0.717) is 13.0 Å². The summed E-state index contributed by atoms with van der Waals surface area (Å²) in [6, 6.07) is 0. The van der Waals surface area contributed by atoms with Crippen LogP contribution in [0.15, 0.2) is 0 Å². The molecule has 0 saturated carbocycles. The molecular formula is C11H22N2O2. The third kappa shape index (κ3) is 2.92. The van der Waals surface area contributed by atoms with Gasteiger partial charge in [-0.15, -0.1) is 0 Å². The molecule has 0 aromatic heterocycles. The van der Waals surface area contributed by atoms with E-state index in [0.717, 1.165) is 19.5 Å². The lowest BCUT2D eigenvalue weighted by Gasteiger charge is -2.35. The first-order valence-electron chi connectivity index (χ1n) is 5.52. The van der Waals surface area contributed by atoms with Gasteiger partial charge in [-0.2, -0.15) is 0 Å². The van der Waals surface area contributed by atoms with Gasteiger partial charge >= 0.3 is 5.97 Å². The van der Waals surface area contributed by atoms with Crippen LogP contribution in [-0.2, 0) is 9.53 Å². The number of likely N-dealkylation sites (tertiary alicyclic amines) is 1. The van der Waals surface area contributed by atoms with Gasteiger partial charge < -0.3 is 14.5 Å². The Hall–Kier alpha value is -0.610. The van der Waals surface area contributed by atoms with Crippen LogP contribution in [0.4, 0.5) is 0 Å². The Morgan fingerprint density at radius 1 is 1.53 bits per heavy atom. The molecule has 0 aromatic carbocycles. The van der Waals surface area contributed by atoms with Gasteiger partial charge in [0.15, 0.2) is 0 Å². The second-order valence-corrected chi connectivity index (χ2v) is 4.59. The monoisotopic (exact) mass is 214 g/mol. The Labute approximate surface area is 92.2 Å². The molecule has 1 aliphatic heterocycles. The van der Waals surface area contributed by atoms with E-state index in [1.54, 1.807) is 0 Å². The van der Waals surface area contributed by atoms with Crippen LogP contribution in [0.5, 0.6) is 0 Å². The fraction of sp³-hybridized carbons (Fsp3) is 0.909. The summed E-state index contributed by atoms with van der Waals surface area (Å²) < 4.78 is 5.03. The molecule has 0 radical (unpaired) electrons. The van der Waals surface area contributed by atoms with Gasteiger partial charge in [-0.1, -0.05) is 0 Å². The fourth-order valence-electron chi connectivity index (χ4n) is 2.21. The van der Waals surface area contributed by atoms with Crippen molar-refractivity contribution >= 4 is 5.97 Å². The molecule has 0 aliphatic carbocycles. The standard InChI is InChI=1S/C11H22N2O2/c1-5-15-10(14)8-11(12(2)3)6-7-13(4)9-11/h5-9H2,1-4H3. The van der Waals surface area contributed by atoms with Crippen LogP contribution in [0.2, 0.25) is 0 Å². The van der Waals surface area contributed by atoms with E-state index in [1.807, 2.05) is 21.0 Å². The lowest BCUT2D eigenvalue weighted by molar-refractivity contribution is -0.146. The van der Waals surface area contributed by atoms with Crippen LogP contribution in [0.1, 0.15) is 19.8 Å². The molecular weight excluding hydrogens is 192 g/mol. The molecule has 1 heterocycles. The van der Waals surface area contributed by atoms with Gasteiger partial charge in [-0.3, -0.25) is 4.79 Å². The Morgan fingerprint density at radius 2 is 2.20 bits per heavy atom. The number of carbonyl (C=O) groups excluding carboxylic acids is 1. The number of hydrogen-bond acceptors (Lipinski definition) is 4. The van der Waals surface area contributed by atoms with Crippen LogP contribution in [0, 0.1) is 0 Å². The van der Waals surface area contributed by atoms with Crippen molar-refractivity contribution in [1.29, 1.82) is 0 Å². The highest BCUT2D eigenvalue weighted by molar-refractivity contribution is 5.71. The van der Waals surface area contributed by atoms with Crippen molar-refractivity contribution < 1.29 is 9.53 Å². The minimum absolute atomic E-state index is 0.0268. The Kier molecular flexibility index (Phi) is 4.11. The van der Waals surface area contributed by atoms with E-state index in [-0.39, 0.29) is 11.5 Å². The van der Waals surface area contributed by atoms with Gasteiger partial charge in [0, 0.05) is 12.1 Å². The predicted molar refractivity (Wildman–Crippen MR) is 59.8 cm³/mol. The average Bonchev–Trinajstić information content (AvgIpc) is 2.49. The molecule has 15 heavy (non-hydrogen) atoms. The van der Waals surface area contributed by atoms with E-state index in [9.17, 15) is 4.79 Å². The number of carbonyl (C=O) groups is 1. The average molecular weight is 214 g/mol. The highest BCUT2D eigenvalue weighted by Crippen LogP contribution is 2.29. The zero-order chi connectivity index (χ0) is 11.5. The molecule has 1 aliphatic rings. The number of likely N-dealkylation sites (N-methyl/N-ethyl adjacent to an activating group) is 2. The molecule has 0 amide bonds. The summed E-state index contributed by atoms with van der Waals surface area (Å²) in [6.45, 7) is 4.32. The number of esters is 1. The molecule has 1 fully saturated rings. The van der Waals surface area contributed by atoms with E-state index in [2.05, 4.69) is 16.8 Å². The van der Waals surface area contributed by atoms with E-state index >= 15 is 0 Å². The van der Waals surface area contributed by atoms with Crippen molar-refractivity contribution in [2.45, 2.75) is 25.3 Å². The minimum Gasteiger partial charge on any atom is -0.466 e. The quantitative estimate of drug-likeness (QED) is 0.641. The number of ether oxygens (including phenoxy) is 1. The van der Waals surface area contributed by atoms with Crippen LogP contribution < -0.4 is 0 Å². The Bertz CT molecular complexity index is 231. The molecule has 88 valence electrons. The molecule has 0 spiro atoms. The summed E-state index contributed by atoms with van der Waals surface area (Å²) in [7, 11) is 6.17. The molecule has 1 rings (SSSR count). The van der Waals surface area contributed by atoms with Gasteiger partial charge in [0.1, 0.15) is 0 Å². The number of hydrogen-bond donors (Lipinski definition) is 0. The molecule has 4 heteroatoms. The van der Waals surface area contributed by atoms with Crippen LogP contribution in [-0.4, -0.2) is 62.1 Å². The zero-order valence-electron chi connectivity index (χ0n) is 10.2. The molecule has 1 saturated heterocycles. The number of nitrogens with zero attached hydrogens (tertiary/aromatic N) is 2. The second kappa shape index (κ2) is 4.94. The normalized spacial score (nSPS) is 27.3. The Balaban J connectivity index is 2.63. The summed E-state index contributed by atoms with van der Waals surface area (Å²) in [5, 5.41) is 0. The van der Waals surface area contributed by atoms with Crippen LogP contribution in [0.25, 0.3) is 0 Å². The lowest BCUT2D eigenvalue weighted by Crippen LogP contribution is -2.48. The van der Waals surface area contributed by atoms with Gasteiger partial charge in [-0.05, 0) is 41.0 Å². The van der Waals surface area contributed by atoms with E-state index in [4.69, 9.17) is 4.74 Å².